The maximum absolute atomic E-state index is 3.65. The van der Waals surface area contributed by atoms with Crippen molar-refractivity contribution in [3.63, 3.8) is 0 Å². The lowest BCUT2D eigenvalue weighted by Crippen LogP contribution is -2.54. The van der Waals surface area contributed by atoms with Gasteiger partial charge in [0.25, 0.3) is 0 Å². The van der Waals surface area contributed by atoms with Gasteiger partial charge in [0.05, 0.1) is 6.17 Å². The van der Waals surface area contributed by atoms with Crippen molar-refractivity contribution in [2.24, 2.45) is 5.41 Å². The Morgan fingerprint density at radius 1 is 1.14 bits per heavy atom. The number of hydrogen-bond donors (Lipinski definition) is 2. The highest BCUT2D eigenvalue weighted by Crippen LogP contribution is 2.23. The predicted octanol–water partition coefficient (Wildman–Crippen LogP) is 2.75. The van der Waals surface area contributed by atoms with Gasteiger partial charge in [0, 0.05) is 6.04 Å². The number of rotatable bonds is 7. The highest BCUT2D eigenvalue weighted by Gasteiger charge is 2.27. The molecule has 0 spiro atoms. The van der Waals surface area contributed by atoms with Gasteiger partial charge in [-0.05, 0) is 31.7 Å². The van der Waals surface area contributed by atoms with Crippen LogP contribution in [-0.2, 0) is 0 Å². The Morgan fingerprint density at radius 2 is 1.71 bits per heavy atom. The van der Waals surface area contributed by atoms with Crippen LogP contribution < -0.4 is 10.6 Å². The van der Waals surface area contributed by atoms with Gasteiger partial charge >= 0.3 is 0 Å². The summed E-state index contributed by atoms with van der Waals surface area (Å²) in [6.45, 7) is 14.5. The zero-order chi connectivity index (χ0) is 11.2. The van der Waals surface area contributed by atoms with Crippen LogP contribution in [0.25, 0.3) is 0 Å². The van der Waals surface area contributed by atoms with Crippen LogP contribution in [0.1, 0.15) is 54.4 Å². The minimum atomic E-state index is 0.319. The molecule has 86 valence electrons. The maximum atomic E-state index is 3.65. The fourth-order valence-corrected chi connectivity index (χ4v) is 1.37. The zero-order valence-electron chi connectivity index (χ0n) is 10.8. The average Bonchev–Trinajstić information content (AvgIpc) is 2.17. The first-order valence-corrected chi connectivity index (χ1v) is 5.97. The summed E-state index contributed by atoms with van der Waals surface area (Å²) in [6, 6.07) is 0.588. The molecule has 2 heteroatoms. The molecule has 2 unspecified atom stereocenters. The van der Waals surface area contributed by atoms with E-state index >= 15 is 0 Å². The molecule has 2 atom stereocenters. The lowest BCUT2D eigenvalue weighted by Gasteiger charge is -2.36. The summed E-state index contributed by atoms with van der Waals surface area (Å²) in [5, 5.41) is 7.18. The topological polar surface area (TPSA) is 24.1 Å². The Hall–Kier alpha value is -0.0800. The Labute approximate surface area is 89.9 Å². The van der Waals surface area contributed by atoms with E-state index in [0.29, 0.717) is 17.6 Å². The molecule has 0 saturated carbocycles. The number of hydrogen-bond acceptors (Lipinski definition) is 2. The smallest absolute Gasteiger partial charge is 0.0626 e. The van der Waals surface area contributed by atoms with Crippen molar-refractivity contribution >= 4 is 0 Å². The highest BCUT2D eigenvalue weighted by molar-refractivity contribution is 4.82. The van der Waals surface area contributed by atoms with Crippen LogP contribution in [-0.4, -0.2) is 18.8 Å². The summed E-state index contributed by atoms with van der Waals surface area (Å²) in [5.74, 6) is 0. The monoisotopic (exact) mass is 200 g/mol. The normalized spacial score (nSPS) is 16.7. The summed E-state index contributed by atoms with van der Waals surface area (Å²) >= 11 is 0. The van der Waals surface area contributed by atoms with Gasteiger partial charge in [-0.25, -0.2) is 0 Å². The van der Waals surface area contributed by atoms with Gasteiger partial charge in [-0.1, -0.05) is 34.6 Å². The molecule has 2 N–H and O–H groups in total. The second-order valence-corrected chi connectivity index (χ2v) is 4.81. The van der Waals surface area contributed by atoms with Gasteiger partial charge in [-0.2, -0.15) is 0 Å². The predicted molar refractivity (Wildman–Crippen MR) is 64.4 cm³/mol. The first-order valence-electron chi connectivity index (χ1n) is 5.97. The first-order chi connectivity index (χ1) is 6.47. The van der Waals surface area contributed by atoms with Crippen LogP contribution in [0.2, 0.25) is 0 Å². The number of nitrogens with one attached hydrogen (secondary N) is 2. The lowest BCUT2D eigenvalue weighted by molar-refractivity contribution is 0.182. The summed E-state index contributed by atoms with van der Waals surface area (Å²) in [7, 11) is 0. The molecule has 0 amide bonds. The fraction of sp³-hybridized carbons (Fsp3) is 1.00. The minimum absolute atomic E-state index is 0.319. The van der Waals surface area contributed by atoms with Crippen LogP contribution in [0.5, 0.6) is 0 Å². The van der Waals surface area contributed by atoms with E-state index in [2.05, 4.69) is 52.2 Å². The molecule has 0 aliphatic heterocycles. The SMILES string of the molecule is CCNC(NC(C)CC)C(C)(C)CC. The van der Waals surface area contributed by atoms with Gasteiger partial charge in [-0.15, -0.1) is 0 Å². The van der Waals surface area contributed by atoms with E-state index in [1.165, 1.54) is 12.8 Å². The van der Waals surface area contributed by atoms with Crippen LogP contribution in [0.3, 0.4) is 0 Å². The van der Waals surface area contributed by atoms with E-state index in [0.717, 1.165) is 6.54 Å². The summed E-state index contributed by atoms with van der Waals surface area (Å²) in [4.78, 5) is 0. The molecule has 0 heterocycles. The van der Waals surface area contributed by atoms with Crippen molar-refractivity contribution in [3.8, 4) is 0 Å². The van der Waals surface area contributed by atoms with Gasteiger partial charge in [0.15, 0.2) is 0 Å². The molecule has 14 heavy (non-hydrogen) atoms. The van der Waals surface area contributed by atoms with Crippen LogP contribution >= 0.6 is 0 Å². The second-order valence-electron chi connectivity index (χ2n) is 4.81. The van der Waals surface area contributed by atoms with Gasteiger partial charge in [0.2, 0.25) is 0 Å². The van der Waals surface area contributed by atoms with Crippen molar-refractivity contribution in [2.45, 2.75) is 66.6 Å². The molecule has 0 bridgehead atoms. The molecule has 0 aromatic carbocycles. The van der Waals surface area contributed by atoms with Crippen molar-refractivity contribution in [3.05, 3.63) is 0 Å². The average molecular weight is 200 g/mol. The molecular weight excluding hydrogens is 172 g/mol. The molecule has 0 saturated heterocycles. The molecular formula is C12H28N2. The maximum Gasteiger partial charge on any atom is 0.0626 e. The molecule has 0 aliphatic rings. The van der Waals surface area contributed by atoms with E-state index in [-0.39, 0.29) is 0 Å². The van der Waals surface area contributed by atoms with Gasteiger partial charge in [-0.3, -0.25) is 5.32 Å². The summed E-state index contributed by atoms with van der Waals surface area (Å²) in [6.07, 6.45) is 2.79. The van der Waals surface area contributed by atoms with Crippen molar-refractivity contribution < 1.29 is 0 Å². The second kappa shape index (κ2) is 6.41. The molecule has 0 radical (unpaired) electrons. The van der Waals surface area contributed by atoms with E-state index < -0.39 is 0 Å². The van der Waals surface area contributed by atoms with E-state index in [4.69, 9.17) is 0 Å². The molecule has 0 rings (SSSR count). The molecule has 2 nitrogen and oxygen atoms in total. The Morgan fingerprint density at radius 3 is 2.07 bits per heavy atom. The van der Waals surface area contributed by atoms with Crippen LogP contribution in [0.4, 0.5) is 0 Å². The van der Waals surface area contributed by atoms with Crippen molar-refractivity contribution in [1.29, 1.82) is 0 Å². The summed E-state index contributed by atoms with van der Waals surface area (Å²) < 4.78 is 0. The quantitative estimate of drug-likeness (QED) is 0.618. The third kappa shape index (κ3) is 4.43. The Kier molecular flexibility index (Phi) is 6.38. The Bertz CT molecular complexity index is 143. The van der Waals surface area contributed by atoms with Gasteiger partial charge in [0.1, 0.15) is 0 Å². The molecule has 0 aromatic heterocycles. The van der Waals surface area contributed by atoms with Crippen LogP contribution in [0.15, 0.2) is 0 Å². The van der Waals surface area contributed by atoms with E-state index in [9.17, 15) is 0 Å². The van der Waals surface area contributed by atoms with E-state index in [1.54, 1.807) is 0 Å². The van der Waals surface area contributed by atoms with E-state index in [1.807, 2.05) is 0 Å². The fourth-order valence-electron chi connectivity index (χ4n) is 1.37. The summed E-state index contributed by atoms with van der Waals surface area (Å²) in [5.41, 5.74) is 0.319. The molecule has 0 aromatic rings. The molecule has 0 aliphatic carbocycles. The van der Waals surface area contributed by atoms with Crippen molar-refractivity contribution in [1.82, 2.24) is 10.6 Å². The third-order valence-corrected chi connectivity index (χ3v) is 3.16. The minimum Gasteiger partial charge on any atom is -0.302 e. The standard InChI is InChI=1S/C12H28N2/c1-7-10(4)14-11(13-9-3)12(5,6)8-2/h10-11,13-14H,7-9H2,1-6H3. The largest absolute Gasteiger partial charge is 0.302 e. The highest BCUT2D eigenvalue weighted by atomic mass is 15.1. The van der Waals surface area contributed by atoms with Crippen LogP contribution in [0, 0.1) is 5.41 Å². The Balaban J connectivity index is 4.27. The molecule has 0 fully saturated rings. The third-order valence-electron chi connectivity index (χ3n) is 3.16. The first kappa shape index (κ1) is 13.9. The zero-order valence-corrected chi connectivity index (χ0v) is 10.8. The van der Waals surface area contributed by atoms with Gasteiger partial charge < -0.3 is 5.32 Å². The van der Waals surface area contributed by atoms with Crippen molar-refractivity contribution in [2.75, 3.05) is 6.54 Å². The lowest BCUT2D eigenvalue weighted by atomic mass is 9.86.